The van der Waals surface area contributed by atoms with Crippen molar-refractivity contribution >= 4 is 11.6 Å². The third-order valence-electron chi connectivity index (χ3n) is 2.37. The Morgan fingerprint density at radius 3 is 3.13 bits per heavy atom. The molecular weight excluding hydrogens is 216 g/mol. The van der Waals surface area contributed by atoms with Crippen molar-refractivity contribution in [1.82, 2.24) is 10.0 Å². The topological polar surface area (TPSA) is 34.6 Å². The van der Waals surface area contributed by atoms with Crippen LogP contribution < -0.4 is 4.84 Å². The van der Waals surface area contributed by atoms with Gasteiger partial charge >= 0.3 is 0 Å². The van der Waals surface area contributed by atoms with Gasteiger partial charge in [0.1, 0.15) is 5.50 Å². The minimum atomic E-state index is -0.274. The lowest BCUT2D eigenvalue weighted by Crippen LogP contribution is -2.27. The fraction of sp³-hybridized carbons (Fsp3) is 0.500. The van der Waals surface area contributed by atoms with Gasteiger partial charge in [0.05, 0.1) is 18.7 Å². The highest BCUT2D eigenvalue weighted by atomic mass is 35.5. The summed E-state index contributed by atoms with van der Waals surface area (Å²) in [5.41, 5.74) is 1.59. The zero-order valence-corrected chi connectivity index (χ0v) is 9.49. The van der Waals surface area contributed by atoms with E-state index < -0.39 is 0 Å². The summed E-state index contributed by atoms with van der Waals surface area (Å²) in [5, 5.41) is 1.70. The molecule has 1 aromatic heterocycles. The average Bonchev–Trinajstić information content (AvgIpc) is 2.54. The van der Waals surface area contributed by atoms with E-state index in [1.165, 1.54) is 0 Å². The van der Waals surface area contributed by atoms with Gasteiger partial charge in [-0.1, -0.05) is 11.6 Å². The Balaban J connectivity index is 2.18. The van der Waals surface area contributed by atoms with E-state index >= 15 is 0 Å². The molecule has 0 N–H and O–H groups in total. The second-order valence-corrected chi connectivity index (χ2v) is 3.78. The summed E-state index contributed by atoms with van der Waals surface area (Å²) in [5.74, 6) is 0.790. The van der Waals surface area contributed by atoms with Crippen molar-refractivity contribution in [3.05, 3.63) is 23.5 Å². The molecule has 1 aliphatic rings. The third-order valence-corrected chi connectivity index (χ3v) is 2.81. The summed E-state index contributed by atoms with van der Waals surface area (Å²) in [4.78, 5) is 9.78. The van der Waals surface area contributed by atoms with Crippen LogP contribution >= 0.6 is 11.6 Å². The number of alkyl halides is 1. The van der Waals surface area contributed by atoms with Gasteiger partial charge in [-0.05, 0) is 6.92 Å². The van der Waals surface area contributed by atoms with E-state index in [4.69, 9.17) is 21.2 Å². The Labute approximate surface area is 93.7 Å². The maximum Gasteiger partial charge on any atom is 0.157 e. The molecule has 4 nitrogen and oxygen atoms in total. The van der Waals surface area contributed by atoms with Crippen LogP contribution in [0.5, 0.6) is 5.75 Å². The predicted octanol–water partition coefficient (Wildman–Crippen LogP) is 1.88. The van der Waals surface area contributed by atoms with Gasteiger partial charge in [-0.25, -0.2) is 0 Å². The van der Waals surface area contributed by atoms with Gasteiger partial charge in [0.25, 0.3) is 0 Å². The summed E-state index contributed by atoms with van der Waals surface area (Å²) in [6.07, 6.45) is 1.72. The molecule has 2 rings (SSSR count). The molecule has 0 spiro atoms. The van der Waals surface area contributed by atoms with Gasteiger partial charge < -0.3 is 9.57 Å². The Hall–Kier alpha value is -0.840. The fourth-order valence-corrected chi connectivity index (χ4v) is 1.98. The number of aromatic nitrogens is 1. The molecule has 0 aromatic carbocycles. The zero-order chi connectivity index (χ0) is 10.8. The Morgan fingerprint density at radius 2 is 2.47 bits per heavy atom. The molecule has 15 heavy (non-hydrogen) atoms. The number of methoxy groups -OCH3 is 1. The summed E-state index contributed by atoms with van der Waals surface area (Å²) < 4.78 is 4.99. The van der Waals surface area contributed by atoms with E-state index in [1.54, 1.807) is 18.4 Å². The first-order valence-electron chi connectivity index (χ1n) is 4.77. The SMILES string of the molecule is COCCN1Oc2ccnc(C)c2C1Cl. The number of halogens is 1. The molecule has 0 saturated carbocycles. The number of fused-ring (bicyclic) bond motifs is 1. The molecule has 5 heteroatoms. The van der Waals surface area contributed by atoms with Gasteiger partial charge in [0, 0.05) is 25.1 Å². The number of ether oxygens (including phenoxy) is 1. The lowest BCUT2D eigenvalue weighted by Gasteiger charge is -2.17. The highest BCUT2D eigenvalue weighted by Crippen LogP contribution is 2.40. The number of hydrogen-bond acceptors (Lipinski definition) is 4. The standard InChI is InChI=1S/C10H13ClN2O2/c1-7-9-8(3-4-12-7)15-13(10(9)11)5-6-14-2/h3-4,10H,5-6H2,1-2H3. The Kier molecular flexibility index (Phi) is 3.09. The lowest BCUT2D eigenvalue weighted by molar-refractivity contribution is -0.0617. The molecule has 0 amide bonds. The molecule has 1 aliphatic heterocycles. The van der Waals surface area contributed by atoms with Crippen molar-refractivity contribution in [2.45, 2.75) is 12.4 Å². The number of pyridine rings is 1. The minimum absolute atomic E-state index is 0.274. The lowest BCUT2D eigenvalue weighted by atomic mass is 10.2. The number of aryl methyl sites for hydroxylation is 1. The fourth-order valence-electron chi connectivity index (χ4n) is 1.58. The summed E-state index contributed by atoms with van der Waals surface area (Å²) in [7, 11) is 1.65. The number of hydrogen-bond donors (Lipinski definition) is 0. The van der Waals surface area contributed by atoms with E-state index in [0.717, 1.165) is 17.0 Å². The van der Waals surface area contributed by atoms with E-state index in [9.17, 15) is 0 Å². The van der Waals surface area contributed by atoms with E-state index in [2.05, 4.69) is 4.98 Å². The van der Waals surface area contributed by atoms with Crippen molar-refractivity contribution in [3.8, 4) is 5.75 Å². The number of nitrogens with zero attached hydrogens (tertiary/aromatic N) is 2. The number of hydroxylamine groups is 2. The van der Waals surface area contributed by atoms with Crippen LogP contribution in [0.15, 0.2) is 12.3 Å². The van der Waals surface area contributed by atoms with Crippen molar-refractivity contribution in [2.24, 2.45) is 0 Å². The Morgan fingerprint density at radius 1 is 1.67 bits per heavy atom. The summed E-state index contributed by atoms with van der Waals surface area (Å²) in [6.45, 7) is 3.15. The molecule has 0 bridgehead atoms. The van der Waals surface area contributed by atoms with Crippen molar-refractivity contribution in [3.63, 3.8) is 0 Å². The molecular formula is C10H13ClN2O2. The van der Waals surface area contributed by atoms with Crippen LogP contribution in [0, 0.1) is 6.92 Å². The highest BCUT2D eigenvalue weighted by Gasteiger charge is 2.32. The highest BCUT2D eigenvalue weighted by molar-refractivity contribution is 6.21. The largest absolute Gasteiger partial charge is 0.404 e. The smallest absolute Gasteiger partial charge is 0.157 e. The molecule has 0 radical (unpaired) electrons. The second kappa shape index (κ2) is 4.35. The first-order valence-corrected chi connectivity index (χ1v) is 5.21. The first-order chi connectivity index (χ1) is 7.24. The van der Waals surface area contributed by atoms with Gasteiger partial charge in [-0.15, -0.1) is 5.06 Å². The van der Waals surface area contributed by atoms with Crippen LogP contribution in [0.4, 0.5) is 0 Å². The van der Waals surface area contributed by atoms with Crippen molar-refractivity contribution < 1.29 is 9.57 Å². The zero-order valence-electron chi connectivity index (χ0n) is 8.74. The van der Waals surface area contributed by atoms with Crippen LogP contribution in [0.3, 0.4) is 0 Å². The third kappa shape index (κ3) is 1.93. The number of rotatable bonds is 3. The van der Waals surface area contributed by atoms with Gasteiger partial charge in [0.2, 0.25) is 0 Å². The minimum Gasteiger partial charge on any atom is -0.404 e. The quantitative estimate of drug-likeness (QED) is 0.585. The van der Waals surface area contributed by atoms with E-state index in [-0.39, 0.29) is 5.50 Å². The summed E-state index contributed by atoms with van der Waals surface area (Å²) in [6, 6.07) is 1.82. The van der Waals surface area contributed by atoms with Gasteiger partial charge in [0.15, 0.2) is 5.75 Å². The molecule has 0 saturated heterocycles. The molecule has 0 fully saturated rings. The van der Waals surface area contributed by atoms with Crippen LogP contribution in [0.25, 0.3) is 0 Å². The predicted molar refractivity (Wildman–Crippen MR) is 56.8 cm³/mol. The second-order valence-electron chi connectivity index (χ2n) is 3.37. The van der Waals surface area contributed by atoms with Crippen molar-refractivity contribution in [2.75, 3.05) is 20.3 Å². The maximum absolute atomic E-state index is 6.26. The van der Waals surface area contributed by atoms with Gasteiger partial charge in [-0.3, -0.25) is 4.98 Å². The van der Waals surface area contributed by atoms with Gasteiger partial charge in [-0.2, -0.15) is 0 Å². The average molecular weight is 229 g/mol. The normalized spacial score (nSPS) is 20.1. The maximum atomic E-state index is 6.26. The first kappa shape index (κ1) is 10.7. The summed E-state index contributed by atoms with van der Waals surface area (Å²) >= 11 is 6.26. The van der Waals surface area contributed by atoms with Crippen LogP contribution in [-0.2, 0) is 4.74 Å². The van der Waals surface area contributed by atoms with E-state index in [1.807, 2.05) is 13.0 Å². The molecule has 1 aromatic rings. The van der Waals surface area contributed by atoms with Crippen LogP contribution in [0.1, 0.15) is 16.8 Å². The molecule has 2 heterocycles. The van der Waals surface area contributed by atoms with Crippen LogP contribution in [-0.4, -0.2) is 30.3 Å². The van der Waals surface area contributed by atoms with E-state index in [0.29, 0.717) is 13.2 Å². The molecule has 1 unspecified atom stereocenters. The molecule has 0 aliphatic carbocycles. The molecule has 1 atom stereocenters. The van der Waals surface area contributed by atoms with Crippen molar-refractivity contribution in [1.29, 1.82) is 0 Å². The Bertz CT molecular complexity index is 359. The molecule has 82 valence electrons. The monoisotopic (exact) mass is 228 g/mol. The van der Waals surface area contributed by atoms with Crippen LogP contribution in [0.2, 0.25) is 0 Å².